The molecule has 1 aliphatic heterocycles. The third-order valence-electron chi connectivity index (χ3n) is 4.65. The Hall–Kier alpha value is -2.67. The number of ether oxygens (including phenoxy) is 1. The van der Waals surface area contributed by atoms with Crippen LogP contribution in [-0.4, -0.2) is 48.2 Å². The van der Waals surface area contributed by atoms with Crippen molar-refractivity contribution in [1.82, 2.24) is 15.3 Å². The predicted octanol–water partition coefficient (Wildman–Crippen LogP) is 2.98. The number of aromatic nitrogens is 2. The van der Waals surface area contributed by atoms with Crippen LogP contribution in [0.15, 0.2) is 36.5 Å². The standard InChI is InChI=1S/C20H27N5O2/c1-3-25(4-2)16-9-7-15(8-10-16)23-20-21-12-11-18(24-20)19(26)22-14-17-6-5-13-27-17/h7-12,17H,3-6,13-14H2,1-2H3,(H,22,26)(H,21,23,24). The molecule has 1 unspecified atom stereocenters. The van der Waals surface area contributed by atoms with Crippen molar-refractivity contribution in [2.45, 2.75) is 32.8 Å². The van der Waals surface area contributed by atoms with Gasteiger partial charge in [-0.05, 0) is 57.0 Å². The first-order valence-electron chi connectivity index (χ1n) is 9.54. The Kier molecular flexibility index (Phi) is 6.59. The van der Waals surface area contributed by atoms with E-state index in [0.717, 1.165) is 38.2 Å². The lowest BCUT2D eigenvalue weighted by molar-refractivity contribution is 0.0853. The second kappa shape index (κ2) is 9.32. The van der Waals surface area contributed by atoms with Crippen LogP contribution in [-0.2, 0) is 4.74 Å². The SMILES string of the molecule is CCN(CC)c1ccc(Nc2nccc(C(=O)NCC3CCCO3)n2)cc1. The fourth-order valence-electron chi connectivity index (χ4n) is 3.12. The molecule has 144 valence electrons. The summed E-state index contributed by atoms with van der Waals surface area (Å²) >= 11 is 0. The first kappa shape index (κ1) is 19.1. The van der Waals surface area contributed by atoms with E-state index in [1.165, 1.54) is 5.69 Å². The van der Waals surface area contributed by atoms with Gasteiger partial charge in [-0.15, -0.1) is 0 Å². The van der Waals surface area contributed by atoms with Crippen molar-refractivity contribution in [3.8, 4) is 0 Å². The molecule has 0 aliphatic carbocycles. The van der Waals surface area contributed by atoms with Crippen molar-refractivity contribution in [2.24, 2.45) is 0 Å². The third kappa shape index (κ3) is 5.17. The zero-order chi connectivity index (χ0) is 19.1. The Morgan fingerprint density at radius 2 is 2.00 bits per heavy atom. The molecule has 1 aromatic heterocycles. The average molecular weight is 369 g/mol. The number of anilines is 3. The van der Waals surface area contributed by atoms with Crippen LogP contribution in [0.5, 0.6) is 0 Å². The number of hydrogen-bond donors (Lipinski definition) is 2. The summed E-state index contributed by atoms with van der Waals surface area (Å²) < 4.78 is 5.52. The van der Waals surface area contributed by atoms with E-state index in [4.69, 9.17) is 4.74 Å². The van der Waals surface area contributed by atoms with Crippen molar-refractivity contribution in [3.63, 3.8) is 0 Å². The summed E-state index contributed by atoms with van der Waals surface area (Å²) in [5, 5.41) is 6.03. The van der Waals surface area contributed by atoms with Gasteiger partial charge in [0.15, 0.2) is 0 Å². The maximum absolute atomic E-state index is 12.3. The van der Waals surface area contributed by atoms with Gasteiger partial charge < -0.3 is 20.3 Å². The fourth-order valence-corrected chi connectivity index (χ4v) is 3.12. The van der Waals surface area contributed by atoms with Crippen LogP contribution in [0.3, 0.4) is 0 Å². The smallest absolute Gasteiger partial charge is 0.270 e. The number of benzene rings is 1. The van der Waals surface area contributed by atoms with Crippen molar-refractivity contribution in [3.05, 3.63) is 42.2 Å². The summed E-state index contributed by atoms with van der Waals surface area (Å²) in [5.41, 5.74) is 2.39. The van der Waals surface area contributed by atoms with Crippen LogP contribution in [0.2, 0.25) is 0 Å². The highest BCUT2D eigenvalue weighted by atomic mass is 16.5. The number of carbonyl (C=O) groups is 1. The van der Waals surface area contributed by atoms with E-state index in [1.807, 2.05) is 12.1 Å². The minimum atomic E-state index is -0.215. The molecule has 1 aliphatic rings. The Balaban J connectivity index is 1.60. The van der Waals surface area contributed by atoms with Gasteiger partial charge in [0.1, 0.15) is 5.69 Å². The number of hydrogen-bond acceptors (Lipinski definition) is 6. The van der Waals surface area contributed by atoms with Gasteiger partial charge >= 0.3 is 0 Å². The highest BCUT2D eigenvalue weighted by Gasteiger charge is 2.17. The number of nitrogens with one attached hydrogen (secondary N) is 2. The van der Waals surface area contributed by atoms with Crippen molar-refractivity contribution in [1.29, 1.82) is 0 Å². The summed E-state index contributed by atoms with van der Waals surface area (Å²) in [5.74, 6) is 0.184. The Morgan fingerprint density at radius 3 is 2.67 bits per heavy atom. The second-order valence-electron chi connectivity index (χ2n) is 6.45. The van der Waals surface area contributed by atoms with E-state index in [9.17, 15) is 4.79 Å². The van der Waals surface area contributed by atoms with Crippen LogP contribution < -0.4 is 15.5 Å². The molecule has 2 heterocycles. The first-order valence-corrected chi connectivity index (χ1v) is 9.54. The van der Waals surface area contributed by atoms with Crippen molar-refractivity contribution < 1.29 is 9.53 Å². The van der Waals surface area contributed by atoms with E-state index >= 15 is 0 Å². The normalized spacial score (nSPS) is 16.1. The van der Waals surface area contributed by atoms with E-state index in [0.29, 0.717) is 18.2 Å². The van der Waals surface area contributed by atoms with Gasteiger partial charge in [0.05, 0.1) is 6.10 Å². The molecule has 7 nitrogen and oxygen atoms in total. The summed E-state index contributed by atoms with van der Waals surface area (Å²) in [6.07, 6.45) is 3.73. The number of carbonyl (C=O) groups excluding carboxylic acids is 1. The maximum atomic E-state index is 12.3. The molecule has 1 saturated heterocycles. The summed E-state index contributed by atoms with van der Waals surface area (Å²) in [6.45, 7) is 7.50. The number of rotatable bonds is 8. The van der Waals surface area contributed by atoms with Crippen LogP contribution in [0.4, 0.5) is 17.3 Å². The van der Waals surface area contributed by atoms with Gasteiger partial charge in [0.2, 0.25) is 5.95 Å². The molecule has 27 heavy (non-hydrogen) atoms. The van der Waals surface area contributed by atoms with E-state index in [1.54, 1.807) is 12.3 Å². The molecule has 1 fully saturated rings. The van der Waals surface area contributed by atoms with Gasteiger partial charge in [-0.1, -0.05) is 0 Å². The molecule has 0 radical (unpaired) electrons. The summed E-state index contributed by atoms with van der Waals surface area (Å²) in [4.78, 5) is 23.1. The molecule has 1 atom stereocenters. The highest BCUT2D eigenvalue weighted by Crippen LogP contribution is 2.19. The van der Waals surface area contributed by atoms with Gasteiger partial charge in [-0.3, -0.25) is 4.79 Å². The van der Waals surface area contributed by atoms with Crippen molar-refractivity contribution in [2.75, 3.05) is 36.5 Å². The lowest BCUT2D eigenvalue weighted by atomic mass is 10.2. The zero-order valence-electron chi connectivity index (χ0n) is 15.9. The fraction of sp³-hybridized carbons (Fsp3) is 0.450. The van der Waals surface area contributed by atoms with E-state index in [-0.39, 0.29) is 12.0 Å². The van der Waals surface area contributed by atoms with E-state index in [2.05, 4.69) is 51.5 Å². The summed E-state index contributed by atoms with van der Waals surface area (Å²) in [7, 11) is 0. The molecule has 1 amide bonds. The minimum absolute atomic E-state index is 0.109. The summed E-state index contributed by atoms with van der Waals surface area (Å²) in [6, 6.07) is 9.71. The molecule has 7 heteroatoms. The van der Waals surface area contributed by atoms with Crippen LogP contribution >= 0.6 is 0 Å². The molecule has 0 saturated carbocycles. The van der Waals surface area contributed by atoms with Gasteiger partial charge in [0, 0.05) is 43.8 Å². The highest BCUT2D eigenvalue weighted by molar-refractivity contribution is 5.92. The number of nitrogens with zero attached hydrogens (tertiary/aromatic N) is 3. The average Bonchev–Trinajstić information content (AvgIpc) is 3.22. The van der Waals surface area contributed by atoms with Crippen LogP contribution in [0.25, 0.3) is 0 Å². The topological polar surface area (TPSA) is 79.4 Å². The third-order valence-corrected chi connectivity index (χ3v) is 4.65. The molecular weight excluding hydrogens is 342 g/mol. The van der Waals surface area contributed by atoms with E-state index < -0.39 is 0 Å². The minimum Gasteiger partial charge on any atom is -0.376 e. The molecule has 0 bridgehead atoms. The second-order valence-corrected chi connectivity index (χ2v) is 6.45. The number of amides is 1. The Morgan fingerprint density at radius 1 is 1.22 bits per heavy atom. The first-order chi connectivity index (χ1) is 13.2. The largest absolute Gasteiger partial charge is 0.376 e. The molecular formula is C20H27N5O2. The van der Waals surface area contributed by atoms with Crippen molar-refractivity contribution >= 4 is 23.2 Å². The Bertz CT molecular complexity index is 740. The molecule has 3 rings (SSSR count). The molecule has 1 aromatic carbocycles. The van der Waals surface area contributed by atoms with Gasteiger partial charge in [0.25, 0.3) is 5.91 Å². The molecule has 2 N–H and O–H groups in total. The predicted molar refractivity (Wildman–Crippen MR) is 107 cm³/mol. The molecule has 2 aromatic rings. The van der Waals surface area contributed by atoms with Gasteiger partial charge in [-0.25, -0.2) is 9.97 Å². The van der Waals surface area contributed by atoms with Crippen LogP contribution in [0.1, 0.15) is 37.2 Å². The maximum Gasteiger partial charge on any atom is 0.270 e. The lowest BCUT2D eigenvalue weighted by Crippen LogP contribution is -2.32. The monoisotopic (exact) mass is 369 g/mol. The Labute approximate surface area is 160 Å². The quantitative estimate of drug-likeness (QED) is 0.745. The van der Waals surface area contributed by atoms with Gasteiger partial charge in [-0.2, -0.15) is 0 Å². The zero-order valence-corrected chi connectivity index (χ0v) is 15.9. The lowest BCUT2D eigenvalue weighted by Gasteiger charge is -2.21. The van der Waals surface area contributed by atoms with Crippen LogP contribution in [0, 0.1) is 0 Å². The molecule has 0 spiro atoms.